The smallest absolute Gasteiger partial charge is 0.141 e. The summed E-state index contributed by atoms with van der Waals surface area (Å²) >= 11 is 0. The van der Waals surface area contributed by atoms with Crippen LogP contribution in [0.4, 0.5) is 0 Å². The van der Waals surface area contributed by atoms with Crippen LogP contribution in [0.2, 0.25) is 0 Å². The number of rotatable bonds is 1. The largest absolute Gasteiger partial charge is 1.00 e. The molecule has 13 heavy (non-hydrogen) atoms. The van der Waals surface area contributed by atoms with Crippen LogP contribution in [0.3, 0.4) is 0 Å². The Hall–Kier alpha value is -0.260. The lowest BCUT2D eigenvalue weighted by Crippen LogP contribution is -3.00. The molecular formula is C11H18BrN. The summed E-state index contributed by atoms with van der Waals surface area (Å²) < 4.78 is 1.14. The topological polar surface area (TPSA) is 0 Å². The van der Waals surface area contributed by atoms with Crippen LogP contribution < -0.4 is 17.0 Å². The third kappa shape index (κ3) is 4.50. The number of likely N-dealkylation sites (tertiary alicyclic amines) is 1. The summed E-state index contributed by atoms with van der Waals surface area (Å²) in [6.45, 7) is 7.17. The van der Waals surface area contributed by atoms with Crippen LogP contribution >= 0.6 is 0 Å². The molecule has 0 radical (unpaired) electrons. The molecule has 0 bridgehead atoms. The Morgan fingerprint density at radius 3 is 2.46 bits per heavy atom. The van der Waals surface area contributed by atoms with Crippen molar-refractivity contribution in [3.8, 4) is 11.8 Å². The van der Waals surface area contributed by atoms with Crippen molar-refractivity contribution in [2.24, 2.45) is 0 Å². The summed E-state index contributed by atoms with van der Waals surface area (Å²) in [5.74, 6) is 6.07. The van der Waals surface area contributed by atoms with Crippen molar-refractivity contribution in [1.29, 1.82) is 0 Å². The van der Waals surface area contributed by atoms with Gasteiger partial charge in [-0.1, -0.05) is 12.5 Å². The van der Waals surface area contributed by atoms with E-state index < -0.39 is 0 Å². The van der Waals surface area contributed by atoms with Gasteiger partial charge in [0.25, 0.3) is 0 Å². The molecule has 0 aromatic heterocycles. The minimum Gasteiger partial charge on any atom is -1.00 e. The van der Waals surface area contributed by atoms with Crippen molar-refractivity contribution in [3.05, 3.63) is 12.7 Å². The maximum Gasteiger partial charge on any atom is 0.141 e. The maximum atomic E-state index is 3.59. The van der Waals surface area contributed by atoms with E-state index >= 15 is 0 Å². The maximum absolute atomic E-state index is 3.59. The van der Waals surface area contributed by atoms with E-state index in [0.29, 0.717) is 0 Å². The van der Waals surface area contributed by atoms with Crippen LogP contribution in [0.25, 0.3) is 0 Å². The second-order valence-corrected chi connectivity index (χ2v) is 3.81. The van der Waals surface area contributed by atoms with Crippen molar-refractivity contribution < 1.29 is 21.5 Å². The standard InChI is InChI=1S/C11H18N.BrH/c1-3-4-6-9-12(2)10-7-5-8-11-12;/h3H,1,5,7-11H2,2H3;1H/q+1;/p-1. The second kappa shape index (κ2) is 6.23. The Balaban J connectivity index is 0.00000144. The zero-order chi connectivity index (χ0) is 8.86. The van der Waals surface area contributed by atoms with Gasteiger partial charge in [0.05, 0.1) is 20.1 Å². The Kier molecular flexibility index (Phi) is 6.11. The highest BCUT2D eigenvalue weighted by molar-refractivity contribution is 5.12. The van der Waals surface area contributed by atoms with Gasteiger partial charge in [0, 0.05) is 0 Å². The third-order valence-electron chi connectivity index (χ3n) is 2.56. The fourth-order valence-corrected chi connectivity index (χ4v) is 1.74. The minimum atomic E-state index is 0. The highest BCUT2D eigenvalue weighted by Gasteiger charge is 2.22. The minimum absolute atomic E-state index is 0. The molecular weight excluding hydrogens is 226 g/mol. The molecule has 0 N–H and O–H groups in total. The molecule has 74 valence electrons. The SMILES string of the molecule is C=CC#CC[N+]1(C)CCCCC1.[Br-]. The summed E-state index contributed by atoms with van der Waals surface area (Å²) in [6, 6.07) is 0. The Morgan fingerprint density at radius 2 is 1.92 bits per heavy atom. The van der Waals surface area contributed by atoms with Gasteiger partial charge >= 0.3 is 0 Å². The first-order valence-corrected chi connectivity index (χ1v) is 4.70. The second-order valence-electron chi connectivity index (χ2n) is 3.81. The van der Waals surface area contributed by atoms with Gasteiger partial charge in [0.15, 0.2) is 0 Å². The van der Waals surface area contributed by atoms with Crippen LogP contribution in [0.15, 0.2) is 12.7 Å². The van der Waals surface area contributed by atoms with E-state index in [4.69, 9.17) is 0 Å². The monoisotopic (exact) mass is 243 g/mol. The highest BCUT2D eigenvalue weighted by atomic mass is 79.9. The third-order valence-corrected chi connectivity index (χ3v) is 2.56. The van der Waals surface area contributed by atoms with E-state index in [0.717, 1.165) is 11.0 Å². The van der Waals surface area contributed by atoms with E-state index in [1.807, 2.05) is 0 Å². The summed E-state index contributed by atoms with van der Waals surface area (Å²) in [6.07, 6.45) is 5.82. The Labute approximate surface area is 92.2 Å². The van der Waals surface area contributed by atoms with Gasteiger partial charge in [0.2, 0.25) is 0 Å². The predicted molar refractivity (Wildman–Crippen MR) is 52.6 cm³/mol. The number of piperidine rings is 1. The predicted octanol–water partition coefficient (Wildman–Crippen LogP) is -1.19. The van der Waals surface area contributed by atoms with Crippen molar-refractivity contribution >= 4 is 0 Å². The molecule has 1 heterocycles. The van der Waals surface area contributed by atoms with Crippen LogP contribution in [-0.4, -0.2) is 31.2 Å². The molecule has 0 aromatic rings. The van der Waals surface area contributed by atoms with Gasteiger partial charge in [-0.15, -0.1) is 0 Å². The lowest BCUT2D eigenvalue weighted by atomic mass is 10.1. The fourth-order valence-electron chi connectivity index (χ4n) is 1.74. The molecule has 2 heteroatoms. The van der Waals surface area contributed by atoms with Crippen LogP contribution in [0, 0.1) is 11.8 Å². The molecule has 1 saturated heterocycles. The van der Waals surface area contributed by atoms with Crippen LogP contribution in [-0.2, 0) is 0 Å². The number of halogens is 1. The lowest BCUT2D eigenvalue weighted by molar-refractivity contribution is -0.907. The van der Waals surface area contributed by atoms with Gasteiger partial charge in [-0.25, -0.2) is 0 Å². The summed E-state index contributed by atoms with van der Waals surface area (Å²) in [5.41, 5.74) is 0. The number of allylic oxidation sites excluding steroid dienone is 1. The zero-order valence-corrected chi connectivity index (χ0v) is 9.94. The van der Waals surface area contributed by atoms with E-state index in [1.165, 1.54) is 32.4 Å². The first-order chi connectivity index (χ1) is 5.77. The normalized spacial score (nSPS) is 19.2. The van der Waals surface area contributed by atoms with E-state index in [-0.39, 0.29) is 17.0 Å². The molecule has 0 spiro atoms. The molecule has 0 atom stereocenters. The van der Waals surface area contributed by atoms with E-state index in [2.05, 4.69) is 25.5 Å². The fraction of sp³-hybridized carbons (Fsp3) is 0.636. The van der Waals surface area contributed by atoms with Gasteiger partial charge in [0.1, 0.15) is 6.54 Å². The van der Waals surface area contributed by atoms with Gasteiger partial charge in [-0.2, -0.15) is 0 Å². The van der Waals surface area contributed by atoms with Gasteiger partial charge in [-0.05, 0) is 31.3 Å². The van der Waals surface area contributed by atoms with Crippen LogP contribution in [0.5, 0.6) is 0 Å². The molecule has 0 aromatic carbocycles. The summed E-state index contributed by atoms with van der Waals surface area (Å²) in [4.78, 5) is 0. The molecule has 1 aliphatic heterocycles. The summed E-state index contributed by atoms with van der Waals surface area (Å²) in [5, 5.41) is 0. The first kappa shape index (κ1) is 12.7. The van der Waals surface area contributed by atoms with Gasteiger partial charge < -0.3 is 21.5 Å². The van der Waals surface area contributed by atoms with Crippen molar-refractivity contribution in [2.45, 2.75) is 19.3 Å². The molecule has 0 aliphatic carbocycles. The van der Waals surface area contributed by atoms with Crippen molar-refractivity contribution in [2.75, 3.05) is 26.7 Å². The lowest BCUT2D eigenvalue weighted by Gasteiger charge is -2.35. The molecule has 1 aliphatic rings. The van der Waals surface area contributed by atoms with Crippen molar-refractivity contribution in [1.82, 2.24) is 0 Å². The summed E-state index contributed by atoms with van der Waals surface area (Å²) in [7, 11) is 2.30. The van der Waals surface area contributed by atoms with E-state index in [1.54, 1.807) is 6.08 Å². The first-order valence-electron chi connectivity index (χ1n) is 4.70. The zero-order valence-electron chi connectivity index (χ0n) is 8.35. The Morgan fingerprint density at radius 1 is 1.31 bits per heavy atom. The van der Waals surface area contributed by atoms with E-state index in [9.17, 15) is 0 Å². The highest BCUT2D eigenvalue weighted by Crippen LogP contribution is 2.14. The number of hydrogen-bond donors (Lipinski definition) is 0. The molecule has 0 saturated carbocycles. The van der Waals surface area contributed by atoms with Gasteiger partial charge in [-0.3, -0.25) is 0 Å². The molecule has 0 unspecified atom stereocenters. The molecule has 1 fully saturated rings. The number of quaternary nitrogens is 1. The van der Waals surface area contributed by atoms with Crippen LogP contribution in [0.1, 0.15) is 19.3 Å². The average molecular weight is 244 g/mol. The number of hydrogen-bond acceptors (Lipinski definition) is 0. The molecule has 1 rings (SSSR count). The number of nitrogens with zero attached hydrogens (tertiary/aromatic N) is 1. The van der Waals surface area contributed by atoms with Crippen molar-refractivity contribution in [3.63, 3.8) is 0 Å². The molecule has 0 amide bonds. The quantitative estimate of drug-likeness (QED) is 0.402. The Bertz CT molecular complexity index is 206. The average Bonchev–Trinajstić information content (AvgIpc) is 2.06. The molecule has 1 nitrogen and oxygen atoms in total.